The van der Waals surface area contributed by atoms with Crippen LogP contribution in [0, 0.1) is 58.2 Å². The Hall–Kier alpha value is -2.34. The Bertz CT molecular complexity index is 1570. The van der Waals surface area contributed by atoms with Crippen molar-refractivity contribution in [2.75, 3.05) is 12.3 Å². The van der Waals surface area contributed by atoms with E-state index in [1.807, 2.05) is 6.92 Å². The Morgan fingerprint density at radius 1 is 0.906 bits per heavy atom. The molecular weight excluding hydrogens is 687 g/mol. The third kappa shape index (κ3) is 9.05. The molecule has 5 rings (SSSR count). The summed E-state index contributed by atoms with van der Waals surface area (Å²) in [7, 11) is -3.48. The second kappa shape index (κ2) is 16.0. The van der Waals surface area contributed by atoms with Crippen LogP contribution in [0.2, 0.25) is 0 Å². The van der Waals surface area contributed by atoms with Crippen LogP contribution in [-0.4, -0.2) is 65.4 Å². The van der Waals surface area contributed by atoms with Crippen molar-refractivity contribution in [2.24, 2.45) is 45.8 Å². The van der Waals surface area contributed by atoms with Gasteiger partial charge in [-0.1, -0.05) is 79.1 Å². The number of hydrogen-bond donors (Lipinski definition) is 0. The van der Waals surface area contributed by atoms with Crippen molar-refractivity contribution in [3.63, 3.8) is 0 Å². The quantitative estimate of drug-likeness (QED) is 0.0972. The number of amides is 1. The summed E-state index contributed by atoms with van der Waals surface area (Å²) < 4.78 is 26.6. The van der Waals surface area contributed by atoms with Gasteiger partial charge < -0.3 is 4.90 Å². The van der Waals surface area contributed by atoms with E-state index in [2.05, 4.69) is 26.7 Å². The second-order valence-electron chi connectivity index (χ2n) is 19.5. The molecule has 5 aliphatic rings. The highest BCUT2D eigenvalue weighted by Crippen LogP contribution is 2.65. The standard InChI is InChI=1S/C44H67NO7S/c1-8-10-17-35(47)39(49)31(24-30-18-19-30)25-36(48)38-37-34(42(37,5)6)28-45(38)40(50)33(43(7)20-13-11-14-21-43)26-32(46)27-44(22-15-12-16-23-44)29-53(51,52)41(3,4)9-2/h1,30-31,33-34,37-38H,9-29H2,2-7H3/t31?,33-,34?,37+,38-/m1/s1. The lowest BCUT2D eigenvalue weighted by atomic mass is 9.64. The number of rotatable bonds is 19. The van der Waals surface area contributed by atoms with Gasteiger partial charge in [0.1, 0.15) is 5.78 Å². The summed E-state index contributed by atoms with van der Waals surface area (Å²) in [5.74, 6) is 0.214. The van der Waals surface area contributed by atoms with Gasteiger partial charge in [-0.15, -0.1) is 12.3 Å². The third-order valence-corrected chi connectivity index (χ3v) is 17.9. The first-order valence-electron chi connectivity index (χ1n) is 20.9. The van der Waals surface area contributed by atoms with Crippen LogP contribution in [0.15, 0.2) is 0 Å². The van der Waals surface area contributed by atoms with Crippen molar-refractivity contribution in [2.45, 2.75) is 174 Å². The molecule has 5 fully saturated rings. The molecule has 296 valence electrons. The second-order valence-corrected chi connectivity index (χ2v) is 22.2. The van der Waals surface area contributed by atoms with Crippen LogP contribution in [0.3, 0.4) is 0 Å². The van der Waals surface area contributed by atoms with Crippen LogP contribution in [0.5, 0.6) is 0 Å². The molecule has 0 aromatic carbocycles. The van der Waals surface area contributed by atoms with E-state index in [9.17, 15) is 27.6 Å². The van der Waals surface area contributed by atoms with E-state index in [-0.39, 0.29) is 72.6 Å². The topological polar surface area (TPSA) is 123 Å². The number of Topliss-reactive ketones (excluding diaryl/α,β-unsaturated/α-hetero) is 4. The number of hydrogen-bond acceptors (Lipinski definition) is 7. The summed E-state index contributed by atoms with van der Waals surface area (Å²) in [4.78, 5) is 71.9. The molecule has 0 spiro atoms. The largest absolute Gasteiger partial charge is 0.332 e. The van der Waals surface area contributed by atoms with Crippen LogP contribution in [0.1, 0.15) is 164 Å². The number of fused-ring (bicyclic) bond motifs is 1. The van der Waals surface area contributed by atoms with E-state index in [1.54, 1.807) is 18.7 Å². The Labute approximate surface area is 320 Å². The van der Waals surface area contributed by atoms with Gasteiger partial charge in [-0.05, 0) is 86.4 Å². The lowest BCUT2D eigenvalue weighted by molar-refractivity contribution is -0.150. The molecule has 2 unspecified atom stereocenters. The van der Waals surface area contributed by atoms with E-state index in [0.717, 1.165) is 64.2 Å². The summed E-state index contributed by atoms with van der Waals surface area (Å²) >= 11 is 0. The molecule has 0 N–H and O–H groups in total. The fourth-order valence-corrected chi connectivity index (χ4v) is 12.6. The molecule has 5 atom stereocenters. The lowest BCUT2D eigenvalue weighted by Crippen LogP contribution is -2.52. The lowest BCUT2D eigenvalue weighted by Gasteiger charge is -2.44. The first-order valence-corrected chi connectivity index (χ1v) is 22.5. The van der Waals surface area contributed by atoms with Gasteiger partial charge >= 0.3 is 0 Å². The van der Waals surface area contributed by atoms with Gasteiger partial charge in [0.25, 0.3) is 0 Å². The van der Waals surface area contributed by atoms with Crippen LogP contribution in [-0.2, 0) is 33.8 Å². The first kappa shape index (κ1) is 41.8. The fourth-order valence-electron chi connectivity index (χ4n) is 10.6. The molecule has 9 heteroatoms. The molecule has 0 radical (unpaired) electrons. The summed E-state index contributed by atoms with van der Waals surface area (Å²) in [6.07, 6.45) is 17.5. The number of nitrogens with zero attached hydrogens (tertiary/aromatic N) is 1. The van der Waals surface area contributed by atoms with Gasteiger partial charge in [-0.2, -0.15) is 0 Å². The van der Waals surface area contributed by atoms with Crippen LogP contribution < -0.4 is 0 Å². The zero-order chi connectivity index (χ0) is 39.0. The highest BCUT2D eigenvalue weighted by molar-refractivity contribution is 7.92. The highest BCUT2D eigenvalue weighted by atomic mass is 32.2. The SMILES string of the molecule is C#CCCC(=O)C(=O)C(CC(=O)[C@@H]1[C@@H]2C(CN1C(=O)[C@@H](CC(=O)CC1(CS(=O)(=O)C(C)(C)CC)CCCCC1)C1(C)CCCCC1)C2(C)C)CC1CC1. The Kier molecular flexibility index (Phi) is 12.6. The Morgan fingerprint density at radius 3 is 2.08 bits per heavy atom. The van der Waals surface area contributed by atoms with Gasteiger partial charge in [-0.25, -0.2) is 8.42 Å². The maximum atomic E-state index is 15.1. The molecule has 4 saturated carbocycles. The smallest absolute Gasteiger partial charge is 0.227 e. The van der Waals surface area contributed by atoms with Crippen molar-refractivity contribution in [3.05, 3.63) is 0 Å². The van der Waals surface area contributed by atoms with E-state index in [1.165, 1.54) is 0 Å². The molecular formula is C44H67NO7S. The molecule has 0 aromatic heterocycles. The van der Waals surface area contributed by atoms with Crippen molar-refractivity contribution < 1.29 is 32.4 Å². The number of likely N-dealkylation sites (tertiary alicyclic amines) is 1. The average molecular weight is 754 g/mol. The minimum absolute atomic E-state index is 0.00438. The van der Waals surface area contributed by atoms with Gasteiger partial charge in [0.05, 0.1) is 22.5 Å². The number of sulfone groups is 1. The average Bonchev–Trinajstić information content (AvgIpc) is 3.96. The predicted molar refractivity (Wildman–Crippen MR) is 207 cm³/mol. The molecule has 8 nitrogen and oxygen atoms in total. The molecule has 1 aliphatic heterocycles. The normalized spacial score (nSPS) is 27.2. The van der Waals surface area contributed by atoms with Gasteiger partial charge in [0.15, 0.2) is 21.4 Å². The van der Waals surface area contributed by atoms with Crippen molar-refractivity contribution in [3.8, 4) is 12.3 Å². The minimum atomic E-state index is -3.48. The first-order chi connectivity index (χ1) is 24.8. The third-order valence-electron chi connectivity index (χ3n) is 15.0. The predicted octanol–water partition coefficient (Wildman–Crippen LogP) is 7.89. The van der Waals surface area contributed by atoms with Crippen molar-refractivity contribution in [1.29, 1.82) is 0 Å². The van der Waals surface area contributed by atoms with Gasteiger partial charge in [0, 0.05) is 44.6 Å². The summed E-state index contributed by atoms with van der Waals surface area (Å²) in [5, 5.41) is 0. The molecule has 0 aromatic rings. The maximum absolute atomic E-state index is 15.1. The van der Waals surface area contributed by atoms with Gasteiger partial charge in [-0.3, -0.25) is 24.0 Å². The zero-order valence-electron chi connectivity index (χ0n) is 33.6. The molecule has 0 bridgehead atoms. The summed E-state index contributed by atoms with van der Waals surface area (Å²) in [6, 6.07) is -0.686. The van der Waals surface area contributed by atoms with Crippen molar-refractivity contribution in [1.82, 2.24) is 4.90 Å². The van der Waals surface area contributed by atoms with E-state index in [0.29, 0.717) is 38.1 Å². The number of terminal acetylenes is 1. The van der Waals surface area contributed by atoms with E-state index < -0.39 is 54.9 Å². The molecule has 53 heavy (non-hydrogen) atoms. The molecule has 1 saturated heterocycles. The summed E-state index contributed by atoms with van der Waals surface area (Å²) in [6.45, 7) is 12.3. The molecule has 1 heterocycles. The fraction of sp³-hybridized carbons (Fsp3) is 0.841. The van der Waals surface area contributed by atoms with E-state index in [4.69, 9.17) is 6.42 Å². The maximum Gasteiger partial charge on any atom is 0.227 e. The monoisotopic (exact) mass is 753 g/mol. The van der Waals surface area contributed by atoms with Crippen LogP contribution in [0.25, 0.3) is 0 Å². The number of ketones is 4. The molecule has 4 aliphatic carbocycles. The Morgan fingerprint density at radius 2 is 1.51 bits per heavy atom. The molecule has 1 amide bonds. The van der Waals surface area contributed by atoms with E-state index >= 15 is 4.79 Å². The highest BCUT2D eigenvalue weighted by Gasteiger charge is 2.69. The van der Waals surface area contributed by atoms with Gasteiger partial charge in [0.2, 0.25) is 11.7 Å². The van der Waals surface area contributed by atoms with Crippen LogP contribution in [0.4, 0.5) is 0 Å². The minimum Gasteiger partial charge on any atom is -0.332 e. The van der Waals surface area contributed by atoms with Crippen molar-refractivity contribution >= 4 is 38.9 Å². The van der Waals surface area contributed by atoms with Crippen LogP contribution >= 0.6 is 0 Å². The summed E-state index contributed by atoms with van der Waals surface area (Å²) in [5.41, 5.74) is -1.16. The number of carbonyl (C=O) groups is 5. The Balaban J connectivity index is 1.40. The number of piperidine rings is 1. The number of carbonyl (C=O) groups excluding carboxylic acids is 5. The zero-order valence-corrected chi connectivity index (χ0v) is 34.4.